The van der Waals surface area contributed by atoms with Gasteiger partial charge in [-0.15, -0.1) is 23.2 Å². The molecule has 1 aromatic carbocycles. The van der Waals surface area contributed by atoms with Crippen LogP contribution in [0.2, 0.25) is 0 Å². The second kappa shape index (κ2) is 6.29. The first-order valence-corrected chi connectivity index (χ1v) is 5.85. The number of halogens is 3. The molecule has 0 fully saturated rings. The van der Waals surface area contributed by atoms with Gasteiger partial charge in [0.2, 0.25) is 5.52 Å². The largest absolute Gasteiger partial charge is 1.00 e. The number of para-hydroxylation sites is 1. The molecule has 0 bridgehead atoms. The van der Waals surface area contributed by atoms with E-state index in [1.54, 1.807) is 0 Å². The van der Waals surface area contributed by atoms with Crippen molar-refractivity contribution in [1.82, 2.24) is 0 Å². The number of aromatic nitrogens is 1. The molecule has 0 N–H and O–H groups in total. The maximum atomic E-state index is 6.05. The Labute approximate surface area is 111 Å². The Morgan fingerprint density at radius 2 is 1.81 bits per heavy atom. The van der Waals surface area contributed by atoms with E-state index >= 15 is 0 Å². The number of nitrogens with zero attached hydrogens (tertiary/aromatic N) is 1. The standard InChI is InChI=1S/C12H12Cl2N.ClH/c13-8-11(14)9-15-7-3-5-10-4-1-2-6-12(10)15;/h1-7,11H,8-9H2;1H/q+1;/p-1. The maximum Gasteiger partial charge on any atom is 0.212 e. The zero-order chi connectivity index (χ0) is 10.7. The number of pyridine rings is 1. The lowest BCUT2D eigenvalue weighted by Crippen LogP contribution is -3.00. The van der Waals surface area contributed by atoms with E-state index in [2.05, 4.69) is 22.8 Å². The summed E-state index contributed by atoms with van der Waals surface area (Å²) in [5, 5.41) is 1.20. The molecule has 0 spiro atoms. The average Bonchev–Trinajstić information content (AvgIpc) is 2.29. The lowest BCUT2D eigenvalue weighted by Gasteiger charge is -2.03. The zero-order valence-corrected chi connectivity index (χ0v) is 10.9. The zero-order valence-electron chi connectivity index (χ0n) is 8.61. The SMILES string of the molecule is ClCC(Cl)C[n+]1cccc2ccccc21.[Cl-]. The highest BCUT2D eigenvalue weighted by atomic mass is 35.5. The summed E-state index contributed by atoms with van der Waals surface area (Å²) in [6.45, 7) is 0.742. The number of hydrogen-bond acceptors (Lipinski definition) is 0. The van der Waals surface area contributed by atoms with Crippen LogP contribution in [0, 0.1) is 0 Å². The third kappa shape index (κ3) is 3.00. The Balaban J connectivity index is 0.00000128. The highest BCUT2D eigenvalue weighted by Gasteiger charge is 2.12. The van der Waals surface area contributed by atoms with Crippen LogP contribution in [-0.2, 0) is 6.54 Å². The van der Waals surface area contributed by atoms with Crippen molar-refractivity contribution in [2.24, 2.45) is 0 Å². The van der Waals surface area contributed by atoms with E-state index in [-0.39, 0.29) is 17.8 Å². The summed E-state index contributed by atoms with van der Waals surface area (Å²) in [5.41, 5.74) is 1.19. The fourth-order valence-corrected chi connectivity index (χ4v) is 1.89. The van der Waals surface area contributed by atoms with Crippen LogP contribution >= 0.6 is 23.2 Å². The number of rotatable bonds is 3. The highest BCUT2D eigenvalue weighted by Crippen LogP contribution is 2.09. The van der Waals surface area contributed by atoms with Gasteiger partial charge < -0.3 is 12.4 Å². The Morgan fingerprint density at radius 1 is 1.12 bits per heavy atom. The Kier molecular flexibility index (Phi) is 5.33. The van der Waals surface area contributed by atoms with E-state index in [1.165, 1.54) is 10.9 Å². The normalized spacial score (nSPS) is 12.1. The molecule has 1 aromatic heterocycles. The van der Waals surface area contributed by atoms with E-state index in [0.717, 1.165) is 6.54 Å². The van der Waals surface area contributed by atoms with E-state index < -0.39 is 0 Å². The first-order chi connectivity index (χ1) is 7.31. The quantitative estimate of drug-likeness (QED) is 0.548. The summed E-state index contributed by atoms with van der Waals surface area (Å²) in [4.78, 5) is 0. The van der Waals surface area contributed by atoms with Crippen LogP contribution in [0.1, 0.15) is 0 Å². The van der Waals surface area contributed by atoms with Crippen LogP contribution in [-0.4, -0.2) is 11.3 Å². The number of hydrogen-bond donors (Lipinski definition) is 0. The molecule has 16 heavy (non-hydrogen) atoms. The van der Waals surface area contributed by atoms with E-state index in [9.17, 15) is 0 Å². The highest BCUT2D eigenvalue weighted by molar-refractivity contribution is 6.27. The monoisotopic (exact) mass is 275 g/mol. The van der Waals surface area contributed by atoms with Crippen LogP contribution in [0.3, 0.4) is 0 Å². The molecule has 1 heterocycles. The van der Waals surface area contributed by atoms with Crippen molar-refractivity contribution >= 4 is 34.1 Å². The van der Waals surface area contributed by atoms with Crippen molar-refractivity contribution < 1.29 is 17.0 Å². The predicted octanol–water partition coefficient (Wildman–Crippen LogP) is -0.0225. The molecule has 0 radical (unpaired) electrons. The third-order valence-corrected chi connectivity index (χ3v) is 3.17. The van der Waals surface area contributed by atoms with Crippen LogP contribution in [0.4, 0.5) is 0 Å². The fraction of sp³-hybridized carbons (Fsp3) is 0.250. The van der Waals surface area contributed by atoms with Gasteiger partial charge in [-0.05, 0) is 12.1 Å². The summed E-state index contributed by atoms with van der Waals surface area (Å²) in [6, 6.07) is 12.4. The molecular weight excluding hydrogens is 264 g/mol. The lowest BCUT2D eigenvalue weighted by molar-refractivity contribution is -0.670. The fourth-order valence-electron chi connectivity index (χ4n) is 1.64. The van der Waals surface area contributed by atoms with Gasteiger partial charge in [-0.1, -0.05) is 12.1 Å². The molecule has 2 rings (SSSR count). The van der Waals surface area contributed by atoms with E-state index in [0.29, 0.717) is 5.88 Å². The summed E-state index contributed by atoms with van der Waals surface area (Å²) < 4.78 is 2.13. The van der Waals surface area contributed by atoms with E-state index in [4.69, 9.17) is 23.2 Å². The van der Waals surface area contributed by atoms with Gasteiger partial charge in [0.05, 0.1) is 0 Å². The minimum Gasteiger partial charge on any atom is -1.00 e. The Hall–Kier alpha value is -0.500. The molecule has 0 aliphatic rings. The van der Waals surface area contributed by atoms with Gasteiger partial charge in [0.25, 0.3) is 0 Å². The molecule has 2 aromatic rings. The van der Waals surface area contributed by atoms with Crippen LogP contribution < -0.4 is 17.0 Å². The third-order valence-electron chi connectivity index (χ3n) is 2.35. The lowest BCUT2D eigenvalue weighted by atomic mass is 10.2. The van der Waals surface area contributed by atoms with Gasteiger partial charge in [0.15, 0.2) is 12.7 Å². The molecule has 0 aliphatic carbocycles. The van der Waals surface area contributed by atoms with Crippen molar-refractivity contribution in [1.29, 1.82) is 0 Å². The summed E-state index contributed by atoms with van der Waals surface area (Å²) >= 11 is 11.8. The minimum atomic E-state index is -0.0255. The molecule has 86 valence electrons. The maximum absolute atomic E-state index is 6.05. The molecule has 1 unspecified atom stereocenters. The second-order valence-corrected chi connectivity index (χ2v) is 4.40. The molecule has 0 amide bonds. The first kappa shape index (κ1) is 13.6. The summed E-state index contributed by atoms with van der Waals surface area (Å²) in [5.74, 6) is 0.470. The van der Waals surface area contributed by atoms with Crippen molar-refractivity contribution in [2.45, 2.75) is 11.9 Å². The summed E-state index contributed by atoms with van der Waals surface area (Å²) in [7, 11) is 0. The topological polar surface area (TPSA) is 3.88 Å². The number of fused-ring (bicyclic) bond motifs is 1. The molecule has 0 aliphatic heterocycles. The van der Waals surface area contributed by atoms with Gasteiger partial charge in [0.1, 0.15) is 5.38 Å². The first-order valence-electron chi connectivity index (χ1n) is 4.88. The van der Waals surface area contributed by atoms with Crippen molar-refractivity contribution in [3.8, 4) is 0 Å². The number of alkyl halides is 2. The van der Waals surface area contributed by atoms with Gasteiger partial charge in [-0.25, -0.2) is 0 Å². The Morgan fingerprint density at radius 3 is 2.56 bits per heavy atom. The minimum absolute atomic E-state index is 0. The van der Waals surface area contributed by atoms with Gasteiger partial charge in [-0.2, -0.15) is 4.57 Å². The summed E-state index contributed by atoms with van der Waals surface area (Å²) in [6.07, 6.45) is 2.03. The molecule has 0 saturated heterocycles. The molecule has 4 heteroatoms. The Bertz CT molecular complexity index is 453. The predicted molar refractivity (Wildman–Crippen MR) is 64.5 cm³/mol. The van der Waals surface area contributed by atoms with E-state index in [1.807, 2.05) is 24.4 Å². The van der Waals surface area contributed by atoms with Gasteiger partial charge in [-0.3, -0.25) is 0 Å². The molecule has 0 saturated carbocycles. The smallest absolute Gasteiger partial charge is 0.212 e. The van der Waals surface area contributed by atoms with Crippen LogP contribution in [0.15, 0.2) is 42.6 Å². The molecule has 1 nitrogen and oxygen atoms in total. The van der Waals surface area contributed by atoms with Gasteiger partial charge in [0, 0.05) is 23.4 Å². The molecule has 1 atom stereocenters. The van der Waals surface area contributed by atoms with Crippen molar-refractivity contribution in [3.63, 3.8) is 0 Å². The van der Waals surface area contributed by atoms with Crippen molar-refractivity contribution in [2.75, 3.05) is 5.88 Å². The van der Waals surface area contributed by atoms with Crippen LogP contribution in [0.5, 0.6) is 0 Å². The van der Waals surface area contributed by atoms with Crippen LogP contribution in [0.25, 0.3) is 10.9 Å². The molecular formula is C12H12Cl3N. The van der Waals surface area contributed by atoms with Gasteiger partial charge >= 0.3 is 0 Å². The second-order valence-electron chi connectivity index (χ2n) is 3.47. The number of benzene rings is 1. The van der Waals surface area contributed by atoms with Crippen molar-refractivity contribution in [3.05, 3.63) is 42.6 Å². The average molecular weight is 277 g/mol.